The second-order valence-electron chi connectivity index (χ2n) is 7.64. The highest BCUT2D eigenvalue weighted by molar-refractivity contribution is 7.91. The Kier molecular flexibility index (Phi) is 7.41. The first-order valence-electron chi connectivity index (χ1n) is 9.90. The summed E-state index contributed by atoms with van der Waals surface area (Å²) in [5.74, 6) is -0.921. The van der Waals surface area contributed by atoms with Crippen LogP contribution in [0.2, 0.25) is 0 Å². The average Bonchev–Trinajstić information content (AvgIpc) is 2.75. The molecule has 0 aliphatic heterocycles. The molecule has 13 nitrogen and oxygen atoms in total. The summed E-state index contributed by atoms with van der Waals surface area (Å²) in [5.41, 5.74) is 6.69. The van der Waals surface area contributed by atoms with E-state index in [2.05, 4.69) is 14.4 Å². The number of hydrogen-bond donors (Lipinski definition) is 4. The molecule has 0 saturated carbocycles. The monoisotopic (exact) mass is 559 g/mol. The van der Waals surface area contributed by atoms with Gasteiger partial charge < -0.3 is 10.8 Å². The van der Waals surface area contributed by atoms with Crippen molar-refractivity contribution in [1.82, 2.24) is 0 Å². The number of azo groups is 1. The van der Waals surface area contributed by atoms with Crippen LogP contribution in [0.1, 0.15) is 11.1 Å². The van der Waals surface area contributed by atoms with Crippen LogP contribution in [0.3, 0.4) is 0 Å². The van der Waals surface area contributed by atoms with Crippen molar-refractivity contribution in [1.29, 1.82) is 0 Å². The summed E-state index contributed by atoms with van der Waals surface area (Å²) in [4.78, 5) is -0.850. The molecule has 0 amide bonds. The lowest BCUT2D eigenvalue weighted by Gasteiger charge is -2.14. The third-order valence-corrected chi connectivity index (χ3v) is 8.24. The molecule has 0 radical (unpaired) electrons. The van der Waals surface area contributed by atoms with E-state index in [-0.39, 0.29) is 32.8 Å². The Morgan fingerprint density at radius 2 is 1.56 bits per heavy atom. The first kappa shape index (κ1) is 27.4. The number of rotatable bonds is 8. The molecule has 36 heavy (non-hydrogen) atoms. The quantitative estimate of drug-likeness (QED) is 0.178. The van der Waals surface area contributed by atoms with Gasteiger partial charge in [-0.1, -0.05) is 6.07 Å². The molecule has 0 aliphatic carbocycles. The van der Waals surface area contributed by atoms with Crippen molar-refractivity contribution in [3.63, 3.8) is 0 Å². The number of nitrogens with two attached hydrogens (primary N) is 1. The summed E-state index contributed by atoms with van der Waals surface area (Å²) >= 11 is 0. The number of benzene rings is 3. The maximum absolute atomic E-state index is 12.3. The largest absolute Gasteiger partial charge is 0.507 e. The van der Waals surface area contributed by atoms with E-state index in [1.807, 2.05) is 0 Å². The lowest BCUT2D eigenvalue weighted by atomic mass is 9.99. The van der Waals surface area contributed by atoms with Crippen LogP contribution in [0, 0.1) is 13.8 Å². The van der Waals surface area contributed by atoms with Crippen LogP contribution in [-0.2, 0) is 34.5 Å². The molecule has 0 bridgehead atoms. The smallest absolute Gasteiger partial charge is 0.397 e. The number of anilines is 1. The zero-order valence-electron chi connectivity index (χ0n) is 18.8. The molecule has 0 unspecified atom stereocenters. The topological polar surface area (TPSA) is 223 Å². The van der Waals surface area contributed by atoms with Crippen LogP contribution >= 0.6 is 0 Å². The third kappa shape index (κ3) is 5.97. The maximum atomic E-state index is 12.3. The van der Waals surface area contributed by atoms with Gasteiger partial charge in [-0.3, -0.25) is 9.11 Å². The molecular weight excluding hydrogens is 538 g/mol. The number of phenols is 1. The van der Waals surface area contributed by atoms with Gasteiger partial charge in [0.25, 0.3) is 10.1 Å². The third-order valence-electron chi connectivity index (χ3n) is 5.21. The van der Waals surface area contributed by atoms with Crippen LogP contribution in [0.5, 0.6) is 5.75 Å². The first-order valence-corrected chi connectivity index (χ1v) is 14.4. The molecule has 5 N–H and O–H groups in total. The van der Waals surface area contributed by atoms with Crippen LogP contribution < -0.4 is 5.73 Å². The number of aromatic hydroxyl groups is 1. The molecule has 0 saturated heterocycles. The number of phenolic OH excluding ortho intramolecular Hbond substituents is 1. The Morgan fingerprint density at radius 1 is 0.944 bits per heavy atom. The minimum Gasteiger partial charge on any atom is -0.507 e. The normalized spacial score (nSPS) is 13.0. The molecule has 194 valence electrons. The van der Waals surface area contributed by atoms with E-state index in [1.54, 1.807) is 19.9 Å². The Morgan fingerprint density at radius 3 is 2.11 bits per heavy atom. The van der Waals surface area contributed by atoms with E-state index < -0.39 is 53.3 Å². The second-order valence-corrected chi connectivity index (χ2v) is 12.2. The van der Waals surface area contributed by atoms with Crippen molar-refractivity contribution in [3.8, 4) is 5.75 Å². The van der Waals surface area contributed by atoms with Gasteiger partial charge in [0.1, 0.15) is 16.3 Å². The lowest BCUT2D eigenvalue weighted by molar-refractivity contribution is 0.284. The molecule has 0 atom stereocenters. The van der Waals surface area contributed by atoms with Gasteiger partial charge in [-0.05, 0) is 60.7 Å². The SMILES string of the molecule is Cc1cc2cc(S(=O)(=O)O)c(N=Nc3ccc(S(=O)(=O)CCOS(=O)(=O)O)cc3)c(N)c2c(O)c1C. The summed E-state index contributed by atoms with van der Waals surface area (Å²) < 4.78 is 91.9. The number of fused-ring (bicyclic) bond motifs is 1. The predicted octanol–water partition coefficient (Wildman–Crippen LogP) is 3.00. The average molecular weight is 560 g/mol. The minimum atomic E-state index is -4.80. The number of nitrogen functional groups attached to an aromatic ring is 1. The highest BCUT2D eigenvalue weighted by Crippen LogP contribution is 2.43. The van der Waals surface area contributed by atoms with Gasteiger partial charge in [0.05, 0.1) is 28.6 Å². The van der Waals surface area contributed by atoms with Crippen molar-refractivity contribution in [2.45, 2.75) is 23.6 Å². The van der Waals surface area contributed by atoms with Crippen molar-refractivity contribution in [2.75, 3.05) is 18.1 Å². The number of sulfone groups is 1. The molecule has 0 fully saturated rings. The summed E-state index contributed by atoms with van der Waals surface area (Å²) in [6.07, 6.45) is 0. The molecule has 3 aromatic rings. The van der Waals surface area contributed by atoms with Gasteiger partial charge in [0.15, 0.2) is 9.84 Å². The fourth-order valence-electron chi connectivity index (χ4n) is 3.28. The fourth-order valence-corrected chi connectivity index (χ4v) is 5.44. The summed E-state index contributed by atoms with van der Waals surface area (Å²) in [6, 6.07) is 7.44. The minimum absolute atomic E-state index is 0.0771. The highest BCUT2D eigenvalue weighted by atomic mass is 32.3. The standard InChI is InChI=1S/C20H21N3O10S3/c1-11-9-13-10-16(35(27,28)29)19(18(21)17(13)20(24)12(11)2)23-22-14-3-5-15(6-4-14)34(25,26)8-7-33-36(30,31)32/h3-6,9-10,24H,7-8,21H2,1-2H3,(H,27,28,29)(H,30,31,32). The van der Waals surface area contributed by atoms with Crippen molar-refractivity contribution >= 4 is 58.2 Å². The summed E-state index contributed by atoms with van der Waals surface area (Å²) in [6.45, 7) is 2.55. The molecule has 0 spiro atoms. The molecule has 16 heteroatoms. The van der Waals surface area contributed by atoms with E-state index in [0.717, 1.165) is 18.2 Å². The first-order chi connectivity index (χ1) is 16.5. The van der Waals surface area contributed by atoms with Crippen LogP contribution in [0.25, 0.3) is 10.8 Å². The Hall–Kier alpha value is -3.15. The zero-order chi connectivity index (χ0) is 27.1. The fraction of sp³-hybridized carbons (Fsp3) is 0.200. The highest BCUT2D eigenvalue weighted by Gasteiger charge is 2.23. The Balaban J connectivity index is 2.00. The van der Waals surface area contributed by atoms with Crippen molar-refractivity contribution in [2.24, 2.45) is 10.2 Å². The molecule has 0 aromatic heterocycles. The van der Waals surface area contributed by atoms with Gasteiger partial charge in [0, 0.05) is 5.39 Å². The zero-order valence-corrected chi connectivity index (χ0v) is 21.2. The van der Waals surface area contributed by atoms with Gasteiger partial charge in [-0.15, -0.1) is 5.11 Å². The Labute approximate surface area is 206 Å². The molecule has 3 rings (SSSR count). The Bertz CT molecular complexity index is 1700. The number of hydrogen-bond acceptors (Lipinski definition) is 11. The van der Waals surface area contributed by atoms with Crippen molar-refractivity contribution in [3.05, 3.63) is 47.5 Å². The number of aryl methyl sites for hydroxylation is 1. The summed E-state index contributed by atoms with van der Waals surface area (Å²) in [5, 5.41) is 18.6. The predicted molar refractivity (Wildman–Crippen MR) is 129 cm³/mol. The van der Waals surface area contributed by atoms with E-state index in [1.165, 1.54) is 12.1 Å². The lowest BCUT2D eigenvalue weighted by Crippen LogP contribution is -2.15. The van der Waals surface area contributed by atoms with E-state index in [4.69, 9.17) is 10.3 Å². The van der Waals surface area contributed by atoms with Crippen LogP contribution in [-0.4, -0.2) is 51.8 Å². The molecule has 0 aliphatic rings. The molecule has 0 heterocycles. The second kappa shape index (κ2) is 9.72. The molecular formula is C20H21N3O10S3. The maximum Gasteiger partial charge on any atom is 0.397 e. The van der Waals surface area contributed by atoms with Gasteiger partial charge in [-0.2, -0.15) is 21.9 Å². The molecule has 3 aromatic carbocycles. The summed E-state index contributed by atoms with van der Waals surface area (Å²) in [7, 11) is -13.6. The van der Waals surface area contributed by atoms with Crippen molar-refractivity contribution < 1.29 is 43.6 Å². The van der Waals surface area contributed by atoms with E-state index in [0.29, 0.717) is 11.1 Å². The number of nitrogens with zero attached hydrogens (tertiary/aromatic N) is 2. The van der Waals surface area contributed by atoms with Crippen LogP contribution in [0.15, 0.2) is 56.4 Å². The van der Waals surface area contributed by atoms with Gasteiger partial charge in [-0.25, -0.2) is 12.6 Å². The van der Waals surface area contributed by atoms with Gasteiger partial charge >= 0.3 is 10.4 Å². The van der Waals surface area contributed by atoms with Crippen LogP contribution in [0.4, 0.5) is 17.1 Å². The van der Waals surface area contributed by atoms with E-state index in [9.17, 15) is 34.9 Å². The van der Waals surface area contributed by atoms with E-state index >= 15 is 0 Å². The van der Waals surface area contributed by atoms with Gasteiger partial charge in [0.2, 0.25) is 0 Å².